The molecule has 0 saturated heterocycles. The lowest BCUT2D eigenvalue weighted by Gasteiger charge is -2.05. The number of hydrogen-bond acceptors (Lipinski definition) is 3. The minimum Gasteiger partial charge on any atom is -0.305 e. The molecule has 1 aromatic rings. The summed E-state index contributed by atoms with van der Waals surface area (Å²) in [4.78, 5) is 0.642. The molecule has 0 heterocycles. The summed E-state index contributed by atoms with van der Waals surface area (Å²) in [7, 11) is 0. The maximum atomic E-state index is 11.4. The van der Waals surface area contributed by atoms with E-state index in [9.17, 15) is 4.21 Å². The van der Waals surface area contributed by atoms with Crippen LogP contribution in [0.15, 0.2) is 29.2 Å². The lowest BCUT2D eigenvalue weighted by Crippen LogP contribution is -2.20. The second kappa shape index (κ2) is 4.50. The zero-order chi connectivity index (χ0) is 9.84. The Balaban J connectivity index is 2.72. The molecule has 1 aromatic carbocycles. The maximum absolute atomic E-state index is 11.4. The highest BCUT2D eigenvalue weighted by molar-refractivity contribution is 7.80. The highest BCUT2D eigenvalue weighted by Crippen LogP contribution is 2.09. The van der Waals surface area contributed by atoms with Crippen molar-refractivity contribution in [2.45, 2.75) is 25.0 Å². The fraction of sp³-hybridized carbons (Fsp3) is 0.333. The van der Waals surface area contributed by atoms with Crippen molar-refractivity contribution < 1.29 is 8.39 Å². The van der Waals surface area contributed by atoms with Gasteiger partial charge in [0.1, 0.15) is 6.23 Å². The molecule has 0 aliphatic rings. The third-order valence-electron chi connectivity index (χ3n) is 1.45. The minimum absolute atomic E-state index is 0.512. The van der Waals surface area contributed by atoms with Gasteiger partial charge in [0.25, 0.3) is 0 Å². The van der Waals surface area contributed by atoms with E-state index in [1.165, 1.54) is 0 Å². The highest BCUT2D eigenvalue weighted by Gasteiger charge is 2.05. The van der Waals surface area contributed by atoms with Gasteiger partial charge >= 0.3 is 0 Å². The number of aryl methyl sites for hydroxylation is 1. The normalized spacial score (nSPS) is 15.3. The van der Waals surface area contributed by atoms with Crippen LogP contribution in [0, 0.1) is 6.92 Å². The van der Waals surface area contributed by atoms with Gasteiger partial charge < -0.3 is 5.73 Å². The van der Waals surface area contributed by atoms with E-state index in [4.69, 9.17) is 9.92 Å². The molecule has 2 N–H and O–H groups in total. The molecule has 0 radical (unpaired) electrons. The fourth-order valence-corrected chi connectivity index (χ4v) is 1.59. The third kappa shape index (κ3) is 3.26. The van der Waals surface area contributed by atoms with E-state index >= 15 is 0 Å². The first-order chi connectivity index (χ1) is 6.09. The number of nitrogens with two attached hydrogens (primary N) is 1. The van der Waals surface area contributed by atoms with E-state index in [-0.39, 0.29) is 0 Å². The average Bonchev–Trinajstić information content (AvgIpc) is 2.04. The zero-order valence-electron chi connectivity index (χ0n) is 7.69. The van der Waals surface area contributed by atoms with Crippen LogP contribution in [0.25, 0.3) is 0 Å². The van der Waals surface area contributed by atoms with Crippen LogP contribution in [0.2, 0.25) is 0 Å². The summed E-state index contributed by atoms with van der Waals surface area (Å²) in [5, 5.41) is 0. The molecule has 0 bridgehead atoms. The molecule has 3 nitrogen and oxygen atoms in total. The lowest BCUT2D eigenvalue weighted by atomic mass is 10.2. The van der Waals surface area contributed by atoms with Crippen LogP contribution in [-0.4, -0.2) is 10.4 Å². The van der Waals surface area contributed by atoms with Crippen LogP contribution in [-0.2, 0) is 15.3 Å². The molecule has 0 saturated carbocycles. The molecule has 1 rings (SSSR count). The van der Waals surface area contributed by atoms with E-state index in [2.05, 4.69) is 0 Å². The Hall–Kier alpha value is -0.710. The molecule has 4 heteroatoms. The minimum atomic E-state index is -1.45. The van der Waals surface area contributed by atoms with Crippen molar-refractivity contribution >= 4 is 11.1 Å². The van der Waals surface area contributed by atoms with E-state index < -0.39 is 17.3 Å². The molecule has 0 aliphatic carbocycles. The van der Waals surface area contributed by atoms with Crippen molar-refractivity contribution in [3.8, 4) is 0 Å². The number of hydrogen-bond donors (Lipinski definition) is 1. The molecule has 0 spiro atoms. The predicted molar refractivity (Wildman–Crippen MR) is 52.3 cm³/mol. The van der Waals surface area contributed by atoms with Gasteiger partial charge in [-0.1, -0.05) is 17.7 Å². The van der Waals surface area contributed by atoms with E-state index in [0.29, 0.717) is 4.90 Å². The molecule has 0 fully saturated rings. The van der Waals surface area contributed by atoms with E-state index in [1.807, 2.05) is 19.1 Å². The first-order valence-electron chi connectivity index (χ1n) is 4.01. The number of benzene rings is 1. The van der Waals surface area contributed by atoms with Crippen molar-refractivity contribution in [1.82, 2.24) is 0 Å². The Labute approximate surface area is 80.6 Å². The Bertz CT molecular complexity index is 295. The lowest BCUT2D eigenvalue weighted by molar-refractivity contribution is 0.256. The summed E-state index contributed by atoms with van der Waals surface area (Å²) in [6, 6.07) is 7.32. The standard InChI is InChI=1S/C9H13NO2S/c1-7-3-5-9(6-4-7)13(11)12-8(2)10/h3-6,8H,10H2,1-2H3. The van der Waals surface area contributed by atoms with Crippen LogP contribution in [0.5, 0.6) is 0 Å². The summed E-state index contributed by atoms with van der Waals surface area (Å²) < 4.78 is 16.3. The molecule has 0 aromatic heterocycles. The molecular weight excluding hydrogens is 186 g/mol. The first-order valence-corrected chi connectivity index (χ1v) is 5.08. The van der Waals surface area contributed by atoms with Gasteiger partial charge in [-0.05, 0) is 26.0 Å². The van der Waals surface area contributed by atoms with E-state index in [0.717, 1.165) is 5.56 Å². The zero-order valence-corrected chi connectivity index (χ0v) is 8.51. The Morgan fingerprint density at radius 3 is 2.38 bits per heavy atom. The molecule has 0 aliphatic heterocycles. The molecule has 72 valence electrons. The summed E-state index contributed by atoms with van der Waals surface area (Å²) >= 11 is -1.45. The van der Waals surface area contributed by atoms with Crippen LogP contribution >= 0.6 is 0 Å². The number of rotatable bonds is 3. The molecule has 0 amide bonds. The highest BCUT2D eigenvalue weighted by atomic mass is 32.2. The van der Waals surface area contributed by atoms with E-state index in [1.54, 1.807) is 19.1 Å². The Morgan fingerprint density at radius 1 is 1.38 bits per heavy atom. The van der Waals surface area contributed by atoms with Gasteiger partial charge in [-0.3, -0.25) is 4.18 Å². The van der Waals surface area contributed by atoms with Gasteiger partial charge in [0.05, 0.1) is 4.90 Å². The van der Waals surface area contributed by atoms with Gasteiger partial charge in [0.15, 0.2) is 11.1 Å². The van der Waals surface area contributed by atoms with Crippen molar-refractivity contribution in [2.75, 3.05) is 0 Å². The maximum Gasteiger partial charge on any atom is 0.190 e. The average molecular weight is 199 g/mol. The van der Waals surface area contributed by atoms with Crippen molar-refractivity contribution in [3.05, 3.63) is 29.8 Å². The summed E-state index contributed by atoms with van der Waals surface area (Å²) in [6.07, 6.45) is -0.512. The first kappa shape index (κ1) is 10.4. The largest absolute Gasteiger partial charge is 0.305 e. The molecular formula is C9H13NO2S. The third-order valence-corrected chi connectivity index (χ3v) is 2.59. The van der Waals surface area contributed by atoms with Crippen LogP contribution < -0.4 is 5.73 Å². The second-order valence-corrected chi connectivity index (χ2v) is 3.98. The fourth-order valence-electron chi connectivity index (χ4n) is 0.843. The van der Waals surface area contributed by atoms with Crippen LogP contribution in [0.4, 0.5) is 0 Å². The van der Waals surface area contributed by atoms with Gasteiger partial charge in [-0.15, -0.1) is 0 Å². The monoisotopic (exact) mass is 199 g/mol. The Kier molecular flexibility index (Phi) is 3.59. The SMILES string of the molecule is Cc1ccc(S(=O)OC(C)N)cc1. The summed E-state index contributed by atoms with van der Waals surface area (Å²) in [5.74, 6) is 0. The van der Waals surface area contributed by atoms with Crippen LogP contribution in [0.3, 0.4) is 0 Å². The smallest absolute Gasteiger partial charge is 0.190 e. The van der Waals surface area contributed by atoms with Crippen molar-refractivity contribution in [2.24, 2.45) is 5.73 Å². The van der Waals surface area contributed by atoms with Crippen LogP contribution in [0.1, 0.15) is 12.5 Å². The van der Waals surface area contributed by atoms with Gasteiger partial charge in [0, 0.05) is 0 Å². The summed E-state index contributed by atoms with van der Waals surface area (Å²) in [5.41, 5.74) is 6.47. The predicted octanol–water partition coefficient (Wildman–Crippen LogP) is 1.34. The van der Waals surface area contributed by atoms with Crippen molar-refractivity contribution in [1.29, 1.82) is 0 Å². The molecule has 2 unspecified atom stereocenters. The summed E-state index contributed by atoms with van der Waals surface area (Å²) in [6.45, 7) is 3.62. The Morgan fingerprint density at radius 2 is 1.92 bits per heavy atom. The molecule has 13 heavy (non-hydrogen) atoms. The van der Waals surface area contributed by atoms with Gasteiger partial charge in [-0.25, -0.2) is 4.21 Å². The quantitative estimate of drug-likeness (QED) is 0.747. The topological polar surface area (TPSA) is 52.3 Å². The van der Waals surface area contributed by atoms with Crippen molar-refractivity contribution in [3.63, 3.8) is 0 Å². The molecule has 2 atom stereocenters. The second-order valence-electron chi connectivity index (χ2n) is 2.85. The van der Waals surface area contributed by atoms with Gasteiger partial charge in [-0.2, -0.15) is 0 Å². The van der Waals surface area contributed by atoms with Gasteiger partial charge in [0.2, 0.25) is 0 Å².